The van der Waals surface area contributed by atoms with Crippen LogP contribution in [-0.2, 0) is 14.4 Å². The molecule has 1 saturated heterocycles. The summed E-state index contributed by atoms with van der Waals surface area (Å²) in [4.78, 5) is 41.1. The zero-order valence-electron chi connectivity index (χ0n) is 21.7. The average Bonchev–Trinajstić information content (AvgIpc) is 3.24. The van der Waals surface area contributed by atoms with Gasteiger partial charge in [0.15, 0.2) is 5.78 Å². The van der Waals surface area contributed by atoms with Crippen LogP contribution in [0.3, 0.4) is 0 Å². The average molecular weight is 457 g/mol. The van der Waals surface area contributed by atoms with E-state index in [1.54, 1.807) is 4.90 Å². The van der Waals surface area contributed by atoms with E-state index in [-0.39, 0.29) is 34.8 Å². The summed E-state index contributed by atoms with van der Waals surface area (Å²) in [6.45, 7) is 15.0. The maximum atomic E-state index is 13.4. The molecule has 5 nitrogen and oxygen atoms in total. The number of hydrogen-bond acceptors (Lipinski definition) is 3. The van der Waals surface area contributed by atoms with E-state index in [0.29, 0.717) is 31.7 Å². The third-order valence-corrected chi connectivity index (χ3v) is 6.76. The van der Waals surface area contributed by atoms with E-state index in [4.69, 9.17) is 0 Å². The van der Waals surface area contributed by atoms with Gasteiger partial charge < -0.3 is 10.2 Å². The van der Waals surface area contributed by atoms with Gasteiger partial charge in [-0.1, -0.05) is 78.8 Å². The van der Waals surface area contributed by atoms with Crippen LogP contribution in [0, 0.1) is 17.3 Å². The van der Waals surface area contributed by atoms with Crippen molar-refractivity contribution in [2.75, 3.05) is 6.54 Å². The third-order valence-electron chi connectivity index (χ3n) is 6.76. The maximum absolute atomic E-state index is 13.4. The van der Waals surface area contributed by atoms with Gasteiger partial charge in [0.25, 0.3) is 0 Å². The normalized spacial score (nSPS) is 18.5. The van der Waals surface area contributed by atoms with Crippen LogP contribution in [0.25, 0.3) is 0 Å². The Hall–Kier alpha value is -2.17. The van der Waals surface area contributed by atoms with Crippen LogP contribution in [0.4, 0.5) is 0 Å². The molecule has 1 fully saturated rings. The van der Waals surface area contributed by atoms with E-state index < -0.39 is 12.1 Å². The molecule has 2 rings (SSSR count). The molecule has 0 radical (unpaired) electrons. The van der Waals surface area contributed by atoms with Gasteiger partial charge in [-0.3, -0.25) is 14.4 Å². The summed E-state index contributed by atoms with van der Waals surface area (Å²) in [5.41, 5.74) is 1.06. The standard InChI is InChI=1S/C28H44N2O3/c1-19(2)15-16-23(26(32)20(3)4)29-27(33)24-14-11-17-30(24)25(31)18-22(28(5,6)7)21-12-9-8-10-13-21/h8-10,12-13,19-20,22-24H,11,14-18H2,1-7H3,(H,29,33). The number of amides is 2. The fourth-order valence-corrected chi connectivity index (χ4v) is 4.69. The van der Waals surface area contributed by atoms with Crippen molar-refractivity contribution in [3.8, 4) is 0 Å². The van der Waals surface area contributed by atoms with E-state index in [1.807, 2.05) is 32.0 Å². The van der Waals surface area contributed by atoms with Crippen molar-refractivity contribution in [3.05, 3.63) is 35.9 Å². The molecule has 3 unspecified atom stereocenters. The summed E-state index contributed by atoms with van der Waals surface area (Å²) in [5, 5.41) is 3.01. The minimum Gasteiger partial charge on any atom is -0.344 e. The highest BCUT2D eigenvalue weighted by Gasteiger charge is 2.38. The summed E-state index contributed by atoms with van der Waals surface area (Å²) in [6, 6.07) is 9.18. The Labute approximate surface area is 200 Å². The lowest BCUT2D eigenvalue weighted by Crippen LogP contribution is -2.51. The highest BCUT2D eigenvalue weighted by molar-refractivity contribution is 5.93. The zero-order chi connectivity index (χ0) is 24.8. The van der Waals surface area contributed by atoms with E-state index >= 15 is 0 Å². The Morgan fingerprint density at radius 3 is 2.21 bits per heavy atom. The first-order valence-electron chi connectivity index (χ1n) is 12.6. The highest BCUT2D eigenvalue weighted by atomic mass is 16.2. The Balaban J connectivity index is 2.13. The lowest BCUT2D eigenvalue weighted by molar-refractivity contribution is -0.140. The van der Waals surface area contributed by atoms with Gasteiger partial charge in [-0.05, 0) is 48.5 Å². The van der Waals surface area contributed by atoms with Crippen molar-refractivity contribution in [1.82, 2.24) is 10.2 Å². The fraction of sp³-hybridized carbons (Fsp3) is 0.679. The topological polar surface area (TPSA) is 66.5 Å². The molecule has 0 bridgehead atoms. The molecule has 3 atom stereocenters. The molecule has 1 aliphatic heterocycles. The van der Waals surface area contributed by atoms with Crippen LogP contribution in [0.5, 0.6) is 0 Å². The number of rotatable bonds is 10. The first-order chi connectivity index (χ1) is 15.4. The molecule has 1 N–H and O–H groups in total. The molecule has 0 spiro atoms. The summed E-state index contributed by atoms with van der Waals surface area (Å²) >= 11 is 0. The summed E-state index contributed by atoms with van der Waals surface area (Å²) in [7, 11) is 0. The Bertz CT molecular complexity index is 795. The first-order valence-corrected chi connectivity index (χ1v) is 12.6. The quantitative estimate of drug-likeness (QED) is 0.516. The fourth-order valence-electron chi connectivity index (χ4n) is 4.69. The second-order valence-corrected chi connectivity index (χ2v) is 11.4. The number of likely N-dealkylation sites (tertiary alicyclic amines) is 1. The zero-order valence-corrected chi connectivity index (χ0v) is 21.7. The van der Waals surface area contributed by atoms with E-state index in [9.17, 15) is 14.4 Å². The Morgan fingerprint density at radius 2 is 1.67 bits per heavy atom. The SMILES string of the molecule is CC(C)CCC(NC(=O)C1CCCN1C(=O)CC(c1ccccc1)C(C)(C)C)C(=O)C(C)C. The molecular weight excluding hydrogens is 412 g/mol. The molecule has 184 valence electrons. The maximum Gasteiger partial charge on any atom is 0.243 e. The molecule has 1 aliphatic rings. The number of carbonyl (C=O) groups excluding carboxylic acids is 3. The number of nitrogens with zero attached hydrogens (tertiary/aromatic N) is 1. The molecule has 0 aromatic heterocycles. The molecule has 1 aromatic carbocycles. The largest absolute Gasteiger partial charge is 0.344 e. The van der Waals surface area contributed by atoms with Crippen molar-refractivity contribution < 1.29 is 14.4 Å². The Kier molecular flexibility index (Phi) is 9.69. The van der Waals surface area contributed by atoms with Crippen molar-refractivity contribution in [3.63, 3.8) is 0 Å². The Morgan fingerprint density at radius 1 is 1.03 bits per heavy atom. The van der Waals surface area contributed by atoms with Gasteiger partial charge in [0.05, 0.1) is 6.04 Å². The van der Waals surface area contributed by atoms with Gasteiger partial charge in [0, 0.05) is 18.9 Å². The van der Waals surface area contributed by atoms with E-state index in [2.05, 4.69) is 52.1 Å². The molecule has 0 saturated carbocycles. The van der Waals surface area contributed by atoms with Crippen molar-refractivity contribution in [1.29, 1.82) is 0 Å². The van der Waals surface area contributed by atoms with Gasteiger partial charge >= 0.3 is 0 Å². The lowest BCUT2D eigenvalue weighted by atomic mass is 9.74. The lowest BCUT2D eigenvalue weighted by Gasteiger charge is -2.33. The van der Waals surface area contributed by atoms with Gasteiger partial charge in [-0.15, -0.1) is 0 Å². The molecule has 0 aliphatic carbocycles. The monoisotopic (exact) mass is 456 g/mol. The van der Waals surface area contributed by atoms with Gasteiger partial charge in [0.2, 0.25) is 11.8 Å². The third kappa shape index (κ3) is 7.68. The second-order valence-electron chi connectivity index (χ2n) is 11.4. The molecule has 33 heavy (non-hydrogen) atoms. The summed E-state index contributed by atoms with van der Waals surface area (Å²) in [6.07, 6.45) is 3.35. The van der Waals surface area contributed by atoms with E-state index in [1.165, 1.54) is 0 Å². The van der Waals surface area contributed by atoms with Gasteiger partial charge in [-0.2, -0.15) is 0 Å². The van der Waals surface area contributed by atoms with Crippen LogP contribution in [0.2, 0.25) is 0 Å². The minimum absolute atomic E-state index is 0.0188. The van der Waals surface area contributed by atoms with Gasteiger partial charge in [0.1, 0.15) is 6.04 Å². The van der Waals surface area contributed by atoms with Crippen LogP contribution in [0.15, 0.2) is 30.3 Å². The minimum atomic E-state index is -0.490. The van der Waals surface area contributed by atoms with Crippen molar-refractivity contribution in [2.24, 2.45) is 17.3 Å². The molecular formula is C28H44N2O3. The molecule has 1 aromatic rings. The molecule has 1 heterocycles. The van der Waals surface area contributed by atoms with E-state index in [0.717, 1.165) is 18.4 Å². The number of hydrogen-bond donors (Lipinski definition) is 1. The van der Waals surface area contributed by atoms with Crippen LogP contribution in [-0.4, -0.2) is 41.1 Å². The highest BCUT2D eigenvalue weighted by Crippen LogP contribution is 2.38. The van der Waals surface area contributed by atoms with Crippen molar-refractivity contribution in [2.45, 2.75) is 98.6 Å². The first kappa shape index (κ1) is 27.1. The number of nitrogens with one attached hydrogen (secondary N) is 1. The van der Waals surface area contributed by atoms with Gasteiger partial charge in [-0.25, -0.2) is 0 Å². The summed E-state index contributed by atoms with van der Waals surface area (Å²) < 4.78 is 0. The van der Waals surface area contributed by atoms with Crippen LogP contribution >= 0.6 is 0 Å². The predicted octanol–water partition coefficient (Wildman–Crippen LogP) is 5.34. The van der Waals surface area contributed by atoms with Crippen molar-refractivity contribution >= 4 is 17.6 Å². The number of benzene rings is 1. The van der Waals surface area contributed by atoms with Crippen LogP contribution < -0.4 is 5.32 Å². The predicted molar refractivity (Wildman–Crippen MR) is 134 cm³/mol. The summed E-state index contributed by atoms with van der Waals surface area (Å²) in [5.74, 6) is 0.290. The second kappa shape index (κ2) is 11.8. The molecule has 2 amide bonds. The smallest absolute Gasteiger partial charge is 0.243 e. The number of ketones is 1. The van der Waals surface area contributed by atoms with Crippen LogP contribution in [0.1, 0.15) is 92.1 Å². The number of Topliss-reactive ketones (excluding diaryl/α,β-unsaturated/α-hetero) is 1. The molecule has 5 heteroatoms. The number of carbonyl (C=O) groups is 3.